The van der Waals surface area contributed by atoms with E-state index in [1.165, 1.54) is 36.5 Å². The van der Waals surface area contributed by atoms with Gasteiger partial charge in [0.1, 0.15) is 0 Å². The fraction of sp³-hybridized carbons (Fsp3) is 0.0714. The Hall–Kier alpha value is -2.89. The summed E-state index contributed by atoms with van der Waals surface area (Å²) in [4.78, 5) is 28.6. The van der Waals surface area contributed by atoms with Crippen molar-refractivity contribution in [3.63, 3.8) is 0 Å². The van der Waals surface area contributed by atoms with Crippen molar-refractivity contribution >= 4 is 23.3 Å². The number of hydrogen-bond donors (Lipinski definition) is 2. The third kappa shape index (κ3) is 2.59. The van der Waals surface area contributed by atoms with Crippen molar-refractivity contribution in [2.75, 3.05) is 17.7 Å². The molecule has 2 aromatic rings. The van der Waals surface area contributed by atoms with Crippen molar-refractivity contribution < 1.29 is 14.7 Å². The van der Waals surface area contributed by atoms with Gasteiger partial charge in [0.15, 0.2) is 0 Å². The minimum Gasteiger partial charge on any atom is -0.478 e. The van der Waals surface area contributed by atoms with Crippen LogP contribution in [0.25, 0.3) is 0 Å². The molecule has 2 rings (SSSR count). The number of carbonyl (C=O) groups excluding carboxylic acids is 1. The lowest BCUT2D eigenvalue weighted by Crippen LogP contribution is -2.28. The van der Waals surface area contributed by atoms with Crippen LogP contribution >= 0.6 is 0 Å². The van der Waals surface area contributed by atoms with E-state index >= 15 is 0 Å². The number of aromatic nitrogens is 1. The van der Waals surface area contributed by atoms with Crippen LogP contribution in [0.5, 0.6) is 0 Å². The summed E-state index contributed by atoms with van der Waals surface area (Å²) >= 11 is 0. The number of anilines is 2. The molecule has 0 unspecified atom stereocenters. The predicted molar refractivity (Wildman–Crippen MR) is 74.8 cm³/mol. The molecular formula is C14H13N3O3. The van der Waals surface area contributed by atoms with E-state index in [1.54, 1.807) is 18.2 Å². The van der Waals surface area contributed by atoms with E-state index in [0.717, 1.165) is 0 Å². The molecule has 1 aromatic heterocycles. The summed E-state index contributed by atoms with van der Waals surface area (Å²) in [6.07, 6.45) is 3.00. The molecule has 20 heavy (non-hydrogen) atoms. The van der Waals surface area contributed by atoms with Gasteiger partial charge in [-0.3, -0.25) is 9.78 Å². The van der Waals surface area contributed by atoms with Crippen LogP contribution in [0.4, 0.5) is 11.4 Å². The highest BCUT2D eigenvalue weighted by Crippen LogP contribution is 2.23. The summed E-state index contributed by atoms with van der Waals surface area (Å²) in [5, 5.41) is 9.19. The quantitative estimate of drug-likeness (QED) is 0.827. The summed E-state index contributed by atoms with van der Waals surface area (Å²) in [5.74, 6) is -1.46. The first-order valence-corrected chi connectivity index (χ1v) is 5.81. The van der Waals surface area contributed by atoms with Gasteiger partial charge in [0.25, 0.3) is 5.91 Å². The Kier molecular flexibility index (Phi) is 3.65. The van der Waals surface area contributed by atoms with Crippen molar-refractivity contribution in [1.29, 1.82) is 0 Å². The Morgan fingerprint density at radius 1 is 1.20 bits per heavy atom. The van der Waals surface area contributed by atoms with Crippen LogP contribution in [0.2, 0.25) is 0 Å². The maximum absolute atomic E-state index is 12.3. The predicted octanol–water partition coefficient (Wildman–Crippen LogP) is 1.64. The number of pyridine rings is 1. The summed E-state index contributed by atoms with van der Waals surface area (Å²) in [6.45, 7) is 0. The van der Waals surface area contributed by atoms with Gasteiger partial charge in [-0.2, -0.15) is 0 Å². The van der Waals surface area contributed by atoms with Crippen molar-refractivity contribution in [2.24, 2.45) is 0 Å². The zero-order valence-electron chi connectivity index (χ0n) is 10.8. The lowest BCUT2D eigenvalue weighted by atomic mass is 10.1. The molecular weight excluding hydrogens is 258 g/mol. The fourth-order valence-electron chi connectivity index (χ4n) is 1.81. The highest BCUT2D eigenvalue weighted by atomic mass is 16.4. The average molecular weight is 271 g/mol. The van der Waals surface area contributed by atoms with Crippen molar-refractivity contribution in [3.8, 4) is 0 Å². The van der Waals surface area contributed by atoms with E-state index in [0.29, 0.717) is 11.3 Å². The first-order valence-electron chi connectivity index (χ1n) is 5.81. The molecule has 0 bridgehead atoms. The minimum atomic E-state index is -1.14. The van der Waals surface area contributed by atoms with Gasteiger partial charge in [-0.25, -0.2) is 4.79 Å². The molecule has 0 saturated carbocycles. The average Bonchev–Trinajstić information content (AvgIpc) is 2.46. The van der Waals surface area contributed by atoms with Crippen molar-refractivity contribution in [3.05, 3.63) is 53.9 Å². The number of carboxylic acids is 1. The van der Waals surface area contributed by atoms with Crippen LogP contribution in [0.15, 0.2) is 42.7 Å². The van der Waals surface area contributed by atoms with Crippen LogP contribution in [0.3, 0.4) is 0 Å². The molecule has 0 aliphatic rings. The first-order chi connectivity index (χ1) is 9.50. The van der Waals surface area contributed by atoms with Gasteiger partial charge in [-0.1, -0.05) is 0 Å². The zero-order valence-corrected chi connectivity index (χ0v) is 10.8. The number of nitrogens with zero attached hydrogens (tertiary/aromatic N) is 2. The zero-order chi connectivity index (χ0) is 14.7. The number of nitrogens with two attached hydrogens (primary N) is 1. The van der Waals surface area contributed by atoms with E-state index in [9.17, 15) is 14.7 Å². The van der Waals surface area contributed by atoms with Crippen LogP contribution in [0, 0.1) is 0 Å². The second-order valence-corrected chi connectivity index (χ2v) is 4.18. The second-order valence-electron chi connectivity index (χ2n) is 4.18. The second kappa shape index (κ2) is 5.40. The van der Waals surface area contributed by atoms with Crippen LogP contribution in [0.1, 0.15) is 20.7 Å². The highest BCUT2D eigenvalue weighted by molar-refractivity contribution is 6.09. The van der Waals surface area contributed by atoms with Gasteiger partial charge in [0.05, 0.1) is 11.3 Å². The van der Waals surface area contributed by atoms with Crippen LogP contribution in [-0.4, -0.2) is 29.0 Å². The third-order valence-corrected chi connectivity index (χ3v) is 2.84. The molecule has 0 saturated heterocycles. The molecule has 0 atom stereocenters. The van der Waals surface area contributed by atoms with E-state index in [-0.39, 0.29) is 17.2 Å². The molecule has 102 valence electrons. The molecule has 0 fully saturated rings. The Bertz CT molecular complexity index is 656. The lowest BCUT2D eigenvalue weighted by Gasteiger charge is -2.19. The standard InChI is InChI=1S/C14H13N3O3/c1-17(13(18)9-4-6-16-7-5-9)12-3-2-10(15)8-11(12)14(19)20/h2-8H,15H2,1H3,(H,19,20). The molecule has 1 heterocycles. The number of carbonyl (C=O) groups is 2. The molecule has 1 amide bonds. The molecule has 6 nitrogen and oxygen atoms in total. The van der Waals surface area contributed by atoms with Crippen LogP contribution < -0.4 is 10.6 Å². The van der Waals surface area contributed by atoms with Crippen molar-refractivity contribution in [2.45, 2.75) is 0 Å². The molecule has 0 aliphatic heterocycles. The Morgan fingerprint density at radius 3 is 2.45 bits per heavy atom. The number of aromatic carboxylic acids is 1. The Morgan fingerprint density at radius 2 is 1.85 bits per heavy atom. The number of rotatable bonds is 3. The van der Waals surface area contributed by atoms with Gasteiger partial charge < -0.3 is 15.7 Å². The first kappa shape index (κ1) is 13.5. The number of carboxylic acid groups (broad SMARTS) is 1. The summed E-state index contributed by atoms with van der Waals surface area (Å²) in [5.41, 5.74) is 6.60. The van der Waals surface area contributed by atoms with E-state index in [1.807, 2.05) is 0 Å². The van der Waals surface area contributed by atoms with E-state index in [4.69, 9.17) is 5.73 Å². The maximum atomic E-state index is 12.3. The molecule has 3 N–H and O–H groups in total. The van der Waals surface area contributed by atoms with E-state index < -0.39 is 5.97 Å². The summed E-state index contributed by atoms with van der Waals surface area (Å²) in [7, 11) is 1.51. The molecule has 6 heteroatoms. The normalized spacial score (nSPS) is 10.1. The minimum absolute atomic E-state index is 0.0186. The molecule has 0 aliphatic carbocycles. The smallest absolute Gasteiger partial charge is 0.337 e. The van der Waals surface area contributed by atoms with Gasteiger partial charge in [0.2, 0.25) is 0 Å². The van der Waals surface area contributed by atoms with Gasteiger partial charge in [-0.15, -0.1) is 0 Å². The Labute approximate surface area is 115 Å². The largest absolute Gasteiger partial charge is 0.478 e. The molecule has 0 radical (unpaired) electrons. The van der Waals surface area contributed by atoms with Crippen LogP contribution in [-0.2, 0) is 0 Å². The molecule has 0 spiro atoms. The van der Waals surface area contributed by atoms with Gasteiger partial charge in [-0.05, 0) is 30.3 Å². The topological polar surface area (TPSA) is 96.5 Å². The number of nitrogen functional groups attached to an aromatic ring is 1. The third-order valence-electron chi connectivity index (χ3n) is 2.84. The van der Waals surface area contributed by atoms with Gasteiger partial charge >= 0.3 is 5.97 Å². The monoisotopic (exact) mass is 271 g/mol. The summed E-state index contributed by atoms with van der Waals surface area (Å²) in [6, 6.07) is 7.52. The number of amides is 1. The highest BCUT2D eigenvalue weighted by Gasteiger charge is 2.19. The van der Waals surface area contributed by atoms with Gasteiger partial charge in [0, 0.05) is 30.7 Å². The SMILES string of the molecule is CN(C(=O)c1ccncc1)c1ccc(N)cc1C(=O)O. The Balaban J connectivity index is 2.41. The fourth-order valence-corrected chi connectivity index (χ4v) is 1.81. The lowest BCUT2D eigenvalue weighted by molar-refractivity contribution is 0.0698. The maximum Gasteiger partial charge on any atom is 0.337 e. The number of benzene rings is 1. The summed E-state index contributed by atoms with van der Waals surface area (Å²) < 4.78 is 0. The number of hydrogen-bond acceptors (Lipinski definition) is 4. The van der Waals surface area contributed by atoms with E-state index in [2.05, 4.69) is 4.98 Å². The van der Waals surface area contributed by atoms with Crippen molar-refractivity contribution in [1.82, 2.24) is 4.98 Å². The molecule has 1 aromatic carbocycles.